The Morgan fingerprint density at radius 1 is 1.03 bits per heavy atom. The molecule has 1 amide bonds. The third kappa shape index (κ3) is 3.63. The van der Waals surface area contributed by atoms with Gasteiger partial charge >= 0.3 is 0 Å². The van der Waals surface area contributed by atoms with Crippen molar-refractivity contribution in [2.24, 2.45) is 0 Å². The second-order valence-electron chi connectivity index (χ2n) is 6.77. The smallest absolute Gasteiger partial charge is 0.254 e. The Hall–Kier alpha value is -3.68. The molecule has 30 heavy (non-hydrogen) atoms. The fraction of sp³-hybridized carbons (Fsp3) is 0.273. The Morgan fingerprint density at radius 2 is 1.80 bits per heavy atom. The molecular formula is C22H22N4O4. The molecule has 0 spiro atoms. The summed E-state index contributed by atoms with van der Waals surface area (Å²) >= 11 is 0. The van der Waals surface area contributed by atoms with Crippen LogP contribution in [0.3, 0.4) is 0 Å². The summed E-state index contributed by atoms with van der Waals surface area (Å²) in [5, 5.41) is 0. The van der Waals surface area contributed by atoms with Gasteiger partial charge in [-0.15, -0.1) is 0 Å². The molecule has 1 aromatic carbocycles. The molecule has 0 unspecified atom stereocenters. The summed E-state index contributed by atoms with van der Waals surface area (Å²) in [5.41, 5.74) is 3.08. The lowest BCUT2D eigenvalue weighted by molar-refractivity contribution is 0.0732. The Morgan fingerprint density at radius 3 is 2.43 bits per heavy atom. The van der Waals surface area contributed by atoms with Gasteiger partial charge in [0.1, 0.15) is 5.69 Å². The van der Waals surface area contributed by atoms with Crippen LogP contribution in [-0.4, -0.2) is 53.6 Å². The van der Waals surface area contributed by atoms with Crippen LogP contribution in [0.15, 0.2) is 42.7 Å². The number of nitrogens with zero attached hydrogens (tertiary/aromatic N) is 4. The van der Waals surface area contributed by atoms with Gasteiger partial charge in [0.05, 0.1) is 27.0 Å². The first-order chi connectivity index (χ1) is 14.6. The SMILES string of the molecule is COc1cc(C(=O)N2CCc3nc(-c4ccccn4)ncc3C2)cc(OC)c1OC. The lowest BCUT2D eigenvalue weighted by atomic mass is 10.1. The van der Waals surface area contributed by atoms with Crippen molar-refractivity contribution in [2.75, 3.05) is 27.9 Å². The molecule has 8 heteroatoms. The maximum atomic E-state index is 13.2. The summed E-state index contributed by atoms with van der Waals surface area (Å²) in [6.45, 7) is 0.995. The van der Waals surface area contributed by atoms with Crippen LogP contribution < -0.4 is 14.2 Å². The number of pyridine rings is 1. The summed E-state index contributed by atoms with van der Waals surface area (Å²) in [7, 11) is 4.58. The van der Waals surface area contributed by atoms with Gasteiger partial charge in [0, 0.05) is 43.0 Å². The van der Waals surface area contributed by atoms with E-state index < -0.39 is 0 Å². The van der Waals surface area contributed by atoms with Gasteiger partial charge in [-0.2, -0.15) is 0 Å². The molecule has 0 bridgehead atoms. The molecular weight excluding hydrogens is 384 g/mol. The molecule has 3 aromatic rings. The van der Waals surface area contributed by atoms with E-state index in [1.807, 2.05) is 18.2 Å². The molecule has 154 valence electrons. The fourth-order valence-electron chi connectivity index (χ4n) is 3.50. The zero-order valence-electron chi connectivity index (χ0n) is 17.1. The van der Waals surface area contributed by atoms with E-state index in [4.69, 9.17) is 14.2 Å². The molecule has 0 radical (unpaired) electrons. The van der Waals surface area contributed by atoms with Crippen molar-refractivity contribution in [1.29, 1.82) is 0 Å². The normalized spacial score (nSPS) is 12.8. The van der Waals surface area contributed by atoms with Gasteiger partial charge in [-0.05, 0) is 24.3 Å². The number of fused-ring (bicyclic) bond motifs is 1. The largest absolute Gasteiger partial charge is 0.493 e. The quantitative estimate of drug-likeness (QED) is 0.644. The van der Waals surface area contributed by atoms with Gasteiger partial charge in [0.25, 0.3) is 5.91 Å². The van der Waals surface area contributed by atoms with E-state index in [9.17, 15) is 4.79 Å². The van der Waals surface area contributed by atoms with Crippen molar-refractivity contribution in [1.82, 2.24) is 19.9 Å². The fourth-order valence-corrected chi connectivity index (χ4v) is 3.50. The highest BCUT2D eigenvalue weighted by molar-refractivity contribution is 5.95. The predicted octanol–water partition coefficient (Wildman–Crippen LogP) is 2.76. The Bertz CT molecular complexity index is 1050. The number of amides is 1. The number of rotatable bonds is 5. The number of carbonyl (C=O) groups is 1. The van der Waals surface area contributed by atoms with E-state index in [-0.39, 0.29) is 5.91 Å². The molecule has 2 aromatic heterocycles. The van der Waals surface area contributed by atoms with Crippen molar-refractivity contribution in [3.63, 3.8) is 0 Å². The summed E-state index contributed by atoms with van der Waals surface area (Å²) in [5.74, 6) is 1.82. The zero-order valence-corrected chi connectivity index (χ0v) is 17.1. The summed E-state index contributed by atoms with van der Waals surface area (Å²) in [6.07, 6.45) is 4.14. The minimum absolute atomic E-state index is 0.117. The van der Waals surface area contributed by atoms with Crippen molar-refractivity contribution in [3.8, 4) is 28.8 Å². The maximum absolute atomic E-state index is 13.2. The summed E-state index contributed by atoms with van der Waals surface area (Å²) in [6, 6.07) is 8.97. The molecule has 0 atom stereocenters. The van der Waals surface area contributed by atoms with Crippen LogP contribution in [0.4, 0.5) is 0 Å². The van der Waals surface area contributed by atoms with Crippen LogP contribution in [0.2, 0.25) is 0 Å². The molecule has 0 fully saturated rings. The monoisotopic (exact) mass is 406 g/mol. The molecule has 0 saturated carbocycles. The maximum Gasteiger partial charge on any atom is 0.254 e. The number of carbonyl (C=O) groups excluding carboxylic acids is 1. The highest BCUT2D eigenvalue weighted by atomic mass is 16.5. The number of hydrogen-bond acceptors (Lipinski definition) is 7. The number of hydrogen-bond donors (Lipinski definition) is 0. The van der Waals surface area contributed by atoms with Crippen molar-refractivity contribution in [2.45, 2.75) is 13.0 Å². The van der Waals surface area contributed by atoms with Gasteiger partial charge in [0.2, 0.25) is 5.75 Å². The third-order valence-corrected chi connectivity index (χ3v) is 5.03. The van der Waals surface area contributed by atoms with Gasteiger partial charge in [-0.25, -0.2) is 9.97 Å². The topological polar surface area (TPSA) is 86.7 Å². The highest BCUT2D eigenvalue weighted by Crippen LogP contribution is 2.38. The van der Waals surface area contributed by atoms with Crippen LogP contribution >= 0.6 is 0 Å². The first-order valence-electron chi connectivity index (χ1n) is 9.50. The van der Waals surface area contributed by atoms with Crippen molar-refractivity contribution >= 4 is 5.91 Å². The second-order valence-corrected chi connectivity index (χ2v) is 6.77. The number of aromatic nitrogens is 3. The van der Waals surface area contributed by atoms with E-state index in [0.717, 1.165) is 17.0 Å². The molecule has 3 heterocycles. The van der Waals surface area contributed by atoms with Gasteiger partial charge in [-0.1, -0.05) is 6.07 Å². The molecule has 1 aliphatic heterocycles. The summed E-state index contributed by atoms with van der Waals surface area (Å²) < 4.78 is 16.1. The van der Waals surface area contributed by atoms with Gasteiger partial charge in [-0.3, -0.25) is 9.78 Å². The van der Waals surface area contributed by atoms with E-state index in [0.29, 0.717) is 48.1 Å². The second kappa shape index (κ2) is 8.36. The summed E-state index contributed by atoms with van der Waals surface area (Å²) in [4.78, 5) is 28.3. The van der Waals surface area contributed by atoms with Gasteiger partial charge in [0.15, 0.2) is 17.3 Å². The van der Waals surface area contributed by atoms with Crippen molar-refractivity contribution in [3.05, 3.63) is 59.5 Å². The first-order valence-corrected chi connectivity index (χ1v) is 9.50. The predicted molar refractivity (Wildman–Crippen MR) is 110 cm³/mol. The van der Waals surface area contributed by atoms with Crippen LogP contribution in [0.25, 0.3) is 11.5 Å². The van der Waals surface area contributed by atoms with Gasteiger partial charge < -0.3 is 19.1 Å². The zero-order chi connectivity index (χ0) is 21.1. The van der Waals surface area contributed by atoms with Crippen LogP contribution in [0.5, 0.6) is 17.2 Å². The minimum Gasteiger partial charge on any atom is -0.493 e. The van der Waals surface area contributed by atoms with Crippen LogP contribution in [0, 0.1) is 0 Å². The average Bonchev–Trinajstić information content (AvgIpc) is 2.82. The Kier molecular flexibility index (Phi) is 5.47. The molecule has 8 nitrogen and oxygen atoms in total. The van der Waals surface area contributed by atoms with Crippen molar-refractivity contribution < 1.29 is 19.0 Å². The Balaban J connectivity index is 1.58. The molecule has 1 aliphatic rings. The lowest BCUT2D eigenvalue weighted by Gasteiger charge is -2.28. The van der Waals surface area contributed by atoms with E-state index >= 15 is 0 Å². The van der Waals surface area contributed by atoms with Crippen LogP contribution in [-0.2, 0) is 13.0 Å². The Labute approximate surface area is 174 Å². The molecule has 4 rings (SSSR count). The average molecular weight is 406 g/mol. The first kappa shape index (κ1) is 19.6. The number of benzene rings is 1. The van der Waals surface area contributed by atoms with E-state index in [1.54, 1.807) is 29.4 Å². The molecule has 0 N–H and O–H groups in total. The highest BCUT2D eigenvalue weighted by Gasteiger charge is 2.26. The van der Waals surface area contributed by atoms with E-state index in [2.05, 4.69) is 15.0 Å². The van der Waals surface area contributed by atoms with E-state index in [1.165, 1.54) is 21.3 Å². The standard InChI is InChI=1S/C22H22N4O4/c1-28-18-10-14(11-19(29-2)20(18)30-3)22(27)26-9-7-16-15(13-26)12-24-21(25-16)17-6-4-5-8-23-17/h4-6,8,10-12H,7,9,13H2,1-3H3. The third-order valence-electron chi connectivity index (χ3n) is 5.03. The van der Waals surface area contributed by atoms with Crippen LogP contribution in [0.1, 0.15) is 21.6 Å². The number of ether oxygens (including phenoxy) is 3. The molecule has 0 aliphatic carbocycles. The number of methoxy groups -OCH3 is 3. The minimum atomic E-state index is -0.117. The molecule has 0 saturated heterocycles. The lowest BCUT2D eigenvalue weighted by Crippen LogP contribution is -2.36.